The fourth-order valence-corrected chi connectivity index (χ4v) is 2.37. The molecule has 1 amide bonds. The molecule has 0 saturated carbocycles. The molecule has 3 rings (SSSR count). The van der Waals surface area contributed by atoms with E-state index in [0.29, 0.717) is 13.1 Å². The molecule has 2 aromatic heterocycles. The van der Waals surface area contributed by atoms with E-state index in [1.807, 2.05) is 48.0 Å². The minimum absolute atomic E-state index is 0.0807. The van der Waals surface area contributed by atoms with Gasteiger partial charge in [0.05, 0.1) is 17.4 Å². The first kappa shape index (κ1) is 14.3. The Bertz CT molecular complexity index is 766. The van der Waals surface area contributed by atoms with E-state index in [1.54, 1.807) is 23.6 Å². The van der Waals surface area contributed by atoms with Crippen molar-refractivity contribution in [1.82, 2.24) is 19.4 Å². The Labute approximate surface area is 129 Å². The molecule has 0 saturated heterocycles. The van der Waals surface area contributed by atoms with Crippen LogP contribution in [0.5, 0.6) is 0 Å². The molecule has 0 unspecified atom stereocenters. The molecule has 5 nitrogen and oxygen atoms in total. The fourth-order valence-electron chi connectivity index (χ4n) is 2.37. The first-order chi connectivity index (χ1) is 10.7. The van der Waals surface area contributed by atoms with E-state index in [-0.39, 0.29) is 5.91 Å². The summed E-state index contributed by atoms with van der Waals surface area (Å²) in [6.07, 6.45) is 6.10. The number of para-hydroxylation sites is 2. The molecular weight excluding hydrogens is 276 g/mol. The van der Waals surface area contributed by atoms with E-state index in [1.165, 1.54) is 5.56 Å². The van der Waals surface area contributed by atoms with Gasteiger partial charge < -0.3 is 9.47 Å². The summed E-state index contributed by atoms with van der Waals surface area (Å²) >= 11 is 0. The lowest BCUT2D eigenvalue weighted by Crippen LogP contribution is -2.31. The van der Waals surface area contributed by atoms with Gasteiger partial charge >= 0.3 is 0 Å². The van der Waals surface area contributed by atoms with Gasteiger partial charge in [-0.2, -0.15) is 0 Å². The molecule has 0 aliphatic rings. The maximum atomic E-state index is 12.3. The van der Waals surface area contributed by atoms with Gasteiger partial charge in [0.25, 0.3) is 0 Å². The third-order valence-corrected chi connectivity index (χ3v) is 3.74. The molecule has 3 aromatic rings. The first-order valence-corrected chi connectivity index (χ1v) is 7.27. The zero-order valence-corrected chi connectivity index (χ0v) is 12.5. The van der Waals surface area contributed by atoms with Crippen LogP contribution in [-0.4, -0.2) is 38.9 Å². The lowest BCUT2D eigenvalue weighted by molar-refractivity contribution is -0.130. The van der Waals surface area contributed by atoms with Crippen molar-refractivity contribution in [3.8, 4) is 0 Å². The summed E-state index contributed by atoms with van der Waals surface area (Å²) in [5.74, 6) is 0.0807. The van der Waals surface area contributed by atoms with Crippen molar-refractivity contribution in [3.63, 3.8) is 0 Å². The number of fused-ring (bicyclic) bond motifs is 1. The predicted molar refractivity (Wildman–Crippen MR) is 85.3 cm³/mol. The van der Waals surface area contributed by atoms with Crippen molar-refractivity contribution < 1.29 is 4.79 Å². The molecule has 0 atom stereocenters. The number of imidazole rings is 1. The molecule has 0 aliphatic heterocycles. The second kappa shape index (κ2) is 6.39. The Morgan fingerprint density at radius 3 is 2.77 bits per heavy atom. The van der Waals surface area contributed by atoms with Gasteiger partial charge in [0, 0.05) is 26.0 Å². The molecule has 22 heavy (non-hydrogen) atoms. The maximum absolute atomic E-state index is 12.3. The molecule has 0 aliphatic carbocycles. The summed E-state index contributed by atoms with van der Waals surface area (Å²) < 4.78 is 1.89. The summed E-state index contributed by atoms with van der Waals surface area (Å²) in [5.41, 5.74) is 3.08. The van der Waals surface area contributed by atoms with Crippen LogP contribution in [0.4, 0.5) is 0 Å². The highest BCUT2D eigenvalue weighted by Gasteiger charge is 2.11. The van der Waals surface area contributed by atoms with Crippen LogP contribution in [0.15, 0.2) is 55.1 Å². The molecule has 0 N–H and O–H groups in total. The fraction of sp³-hybridized carbons (Fsp3) is 0.235. The van der Waals surface area contributed by atoms with E-state index in [2.05, 4.69) is 9.97 Å². The van der Waals surface area contributed by atoms with E-state index < -0.39 is 0 Å². The zero-order valence-electron chi connectivity index (χ0n) is 12.5. The number of pyridine rings is 1. The van der Waals surface area contributed by atoms with Gasteiger partial charge in [0.15, 0.2) is 0 Å². The molecule has 1 aromatic carbocycles. The van der Waals surface area contributed by atoms with Crippen LogP contribution in [0.2, 0.25) is 0 Å². The number of nitrogens with zero attached hydrogens (tertiary/aromatic N) is 4. The Hall–Kier alpha value is -2.69. The van der Waals surface area contributed by atoms with Gasteiger partial charge in [-0.3, -0.25) is 9.78 Å². The average molecular weight is 294 g/mol. The molecule has 5 heteroatoms. The van der Waals surface area contributed by atoms with Gasteiger partial charge in [0.2, 0.25) is 5.91 Å². The van der Waals surface area contributed by atoms with E-state index >= 15 is 0 Å². The second-order valence-electron chi connectivity index (χ2n) is 5.28. The number of carbonyl (C=O) groups is 1. The smallest absolute Gasteiger partial charge is 0.242 e. The number of likely N-dealkylation sites (N-methyl/N-ethyl adjacent to an activating group) is 1. The molecule has 0 radical (unpaired) electrons. The summed E-state index contributed by atoms with van der Waals surface area (Å²) in [7, 11) is 1.84. The SMILES string of the molecule is CN(CCc1ccncc1)C(=O)Cn1cnc2ccccc21. The highest BCUT2D eigenvalue weighted by Crippen LogP contribution is 2.12. The molecule has 0 fully saturated rings. The van der Waals surface area contributed by atoms with Crippen LogP contribution in [0.25, 0.3) is 11.0 Å². The third kappa shape index (κ3) is 3.14. The van der Waals surface area contributed by atoms with Crippen molar-refractivity contribution in [2.75, 3.05) is 13.6 Å². The summed E-state index contributed by atoms with van der Waals surface area (Å²) in [4.78, 5) is 22.4. The molecule has 2 heterocycles. The largest absolute Gasteiger partial charge is 0.344 e. The van der Waals surface area contributed by atoms with Gasteiger partial charge in [-0.05, 0) is 36.2 Å². The summed E-state index contributed by atoms with van der Waals surface area (Å²) in [6, 6.07) is 11.8. The highest BCUT2D eigenvalue weighted by atomic mass is 16.2. The van der Waals surface area contributed by atoms with Crippen LogP contribution >= 0.6 is 0 Å². The normalized spacial score (nSPS) is 10.8. The number of aromatic nitrogens is 3. The number of hydrogen-bond acceptors (Lipinski definition) is 3. The zero-order chi connectivity index (χ0) is 15.4. The van der Waals surface area contributed by atoms with Gasteiger partial charge in [-0.15, -0.1) is 0 Å². The van der Waals surface area contributed by atoms with E-state index in [9.17, 15) is 4.79 Å². The average Bonchev–Trinajstić information content (AvgIpc) is 2.97. The number of rotatable bonds is 5. The second-order valence-corrected chi connectivity index (χ2v) is 5.28. The van der Waals surface area contributed by atoms with Crippen LogP contribution in [0.1, 0.15) is 5.56 Å². The van der Waals surface area contributed by atoms with Gasteiger partial charge in [-0.25, -0.2) is 4.98 Å². The van der Waals surface area contributed by atoms with E-state index in [4.69, 9.17) is 0 Å². The van der Waals surface area contributed by atoms with Crippen LogP contribution in [0, 0.1) is 0 Å². The first-order valence-electron chi connectivity index (χ1n) is 7.27. The monoisotopic (exact) mass is 294 g/mol. The van der Waals surface area contributed by atoms with Gasteiger partial charge in [0.1, 0.15) is 6.54 Å². The lowest BCUT2D eigenvalue weighted by Gasteiger charge is -2.17. The Morgan fingerprint density at radius 1 is 1.18 bits per heavy atom. The number of benzene rings is 1. The van der Waals surface area contributed by atoms with Crippen molar-refractivity contribution in [2.24, 2.45) is 0 Å². The predicted octanol–water partition coefficient (Wildman–Crippen LogP) is 2.13. The standard InChI is InChI=1S/C17H18N4O/c1-20(11-8-14-6-9-18-10-7-14)17(22)12-21-13-19-15-4-2-3-5-16(15)21/h2-7,9-10,13H,8,11-12H2,1H3. The molecule has 0 spiro atoms. The van der Waals surface area contributed by atoms with E-state index in [0.717, 1.165) is 17.5 Å². The number of carbonyl (C=O) groups excluding carboxylic acids is 1. The summed E-state index contributed by atoms with van der Waals surface area (Å²) in [5, 5.41) is 0. The molecular formula is C17H18N4O. The molecule has 0 bridgehead atoms. The van der Waals surface area contributed by atoms with Crippen molar-refractivity contribution in [2.45, 2.75) is 13.0 Å². The Kier molecular flexibility index (Phi) is 4.14. The van der Waals surface area contributed by atoms with Crippen LogP contribution in [0.3, 0.4) is 0 Å². The number of amides is 1. The lowest BCUT2D eigenvalue weighted by atomic mass is 10.2. The van der Waals surface area contributed by atoms with Gasteiger partial charge in [-0.1, -0.05) is 12.1 Å². The molecule has 112 valence electrons. The van der Waals surface area contributed by atoms with Crippen LogP contribution < -0.4 is 0 Å². The Balaban J connectivity index is 1.61. The minimum Gasteiger partial charge on any atom is -0.344 e. The quantitative estimate of drug-likeness (QED) is 0.724. The Morgan fingerprint density at radius 2 is 1.95 bits per heavy atom. The van der Waals surface area contributed by atoms with Crippen molar-refractivity contribution in [1.29, 1.82) is 0 Å². The number of hydrogen-bond donors (Lipinski definition) is 0. The van der Waals surface area contributed by atoms with Crippen molar-refractivity contribution in [3.05, 3.63) is 60.7 Å². The van der Waals surface area contributed by atoms with Crippen molar-refractivity contribution >= 4 is 16.9 Å². The highest BCUT2D eigenvalue weighted by molar-refractivity contribution is 5.80. The maximum Gasteiger partial charge on any atom is 0.242 e. The third-order valence-electron chi connectivity index (χ3n) is 3.74. The minimum atomic E-state index is 0.0807. The summed E-state index contributed by atoms with van der Waals surface area (Å²) in [6.45, 7) is 1.00. The topological polar surface area (TPSA) is 51.0 Å². The van der Waals surface area contributed by atoms with Crippen LogP contribution in [-0.2, 0) is 17.8 Å².